The maximum absolute atomic E-state index is 13.4. The Kier molecular flexibility index (Phi) is 5.40. The van der Waals surface area contributed by atoms with E-state index in [2.05, 4.69) is 0 Å². The van der Waals surface area contributed by atoms with E-state index in [4.69, 9.17) is 16.7 Å². The normalized spacial score (nSPS) is 21.4. The highest BCUT2D eigenvalue weighted by Gasteiger charge is 2.31. The highest BCUT2D eigenvalue weighted by molar-refractivity contribution is 6.30. The third kappa shape index (κ3) is 3.97. The fraction of sp³-hybridized carbons (Fsp3) is 0.500. The fourth-order valence-corrected chi connectivity index (χ4v) is 3.01. The Balaban J connectivity index is 1.92. The highest BCUT2D eigenvalue weighted by atomic mass is 35.5. The molecule has 1 aromatic rings. The van der Waals surface area contributed by atoms with Crippen LogP contribution in [0.5, 0.6) is 0 Å². The van der Waals surface area contributed by atoms with Crippen LogP contribution in [0, 0.1) is 17.7 Å². The van der Waals surface area contributed by atoms with E-state index in [9.17, 15) is 14.0 Å². The van der Waals surface area contributed by atoms with Crippen LogP contribution in [0.2, 0.25) is 5.02 Å². The van der Waals surface area contributed by atoms with Gasteiger partial charge in [0.15, 0.2) is 0 Å². The molecule has 22 heavy (non-hydrogen) atoms. The van der Waals surface area contributed by atoms with Gasteiger partial charge in [-0.15, -0.1) is 0 Å². The lowest BCUT2D eigenvalue weighted by molar-refractivity contribution is -0.145. The molecule has 1 fully saturated rings. The molecule has 4 nitrogen and oxygen atoms in total. The molecule has 0 heterocycles. The number of carbonyl (C=O) groups is 2. The van der Waals surface area contributed by atoms with Crippen LogP contribution in [0.1, 0.15) is 31.2 Å². The van der Waals surface area contributed by atoms with Crippen LogP contribution in [-0.2, 0) is 16.1 Å². The van der Waals surface area contributed by atoms with Crippen LogP contribution >= 0.6 is 11.6 Å². The standard InChI is InChI=1S/C16H19ClFNO3/c1-19(9-10-2-7-13(17)14(18)8-10)15(20)11-3-5-12(6-4-11)16(21)22/h2,7-8,11-12H,3-6,9H2,1H3,(H,21,22). The second kappa shape index (κ2) is 7.09. The second-order valence-corrected chi connectivity index (χ2v) is 6.24. The molecule has 0 radical (unpaired) electrons. The molecule has 0 bridgehead atoms. The number of rotatable bonds is 4. The number of carboxylic acid groups (broad SMARTS) is 1. The average molecular weight is 328 g/mol. The summed E-state index contributed by atoms with van der Waals surface area (Å²) in [5.41, 5.74) is 0.678. The minimum Gasteiger partial charge on any atom is -0.481 e. The first-order valence-corrected chi connectivity index (χ1v) is 7.68. The molecule has 1 saturated carbocycles. The van der Waals surface area contributed by atoms with Crippen molar-refractivity contribution in [3.05, 3.63) is 34.6 Å². The van der Waals surface area contributed by atoms with Crippen molar-refractivity contribution >= 4 is 23.5 Å². The van der Waals surface area contributed by atoms with Crippen LogP contribution < -0.4 is 0 Å². The summed E-state index contributed by atoms with van der Waals surface area (Å²) in [6, 6.07) is 4.49. The lowest BCUT2D eigenvalue weighted by Crippen LogP contribution is -2.35. The van der Waals surface area contributed by atoms with E-state index < -0.39 is 11.8 Å². The van der Waals surface area contributed by atoms with Crippen LogP contribution in [0.4, 0.5) is 4.39 Å². The molecule has 0 atom stereocenters. The molecule has 1 N–H and O–H groups in total. The zero-order valence-corrected chi connectivity index (χ0v) is 13.1. The molecule has 1 amide bonds. The summed E-state index contributed by atoms with van der Waals surface area (Å²) in [7, 11) is 1.68. The molecule has 1 aliphatic carbocycles. The molecular weight excluding hydrogens is 309 g/mol. The lowest BCUT2D eigenvalue weighted by atomic mass is 9.81. The first-order valence-electron chi connectivity index (χ1n) is 7.30. The maximum Gasteiger partial charge on any atom is 0.306 e. The van der Waals surface area contributed by atoms with Gasteiger partial charge in [-0.2, -0.15) is 0 Å². The summed E-state index contributed by atoms with van der Waals surface area (Å²) in [5, 5.41) is 9.03. The zero-order chi connectivity index (χ0) is 16.3. The van der Waals surface area contributed by atoms with Crippen molar-refractivity contribution in [2.45, 2.75) is 32.2 Å². The summed E-state index contributed by atoms with van der Waals surface area (Å²) in [6.07, 6.45) is 2.26. The summed E-state index contributed by atoms with van der Waals surface area (Å²) in [5.74, 6) is -1.77. The molecule has 0 unspecified atom stereocenters. The number of hydrogen-bond donors (Lipinski definition) is 1. The molecule has 0 saturated heterocycles. The van der Waals surface area contributed by atoms with E-state index in [1.165, 1.54) is 12.1 Å². The summed E-state index contributed by atoms with van der Waals surface area (Å²) in [4.78, 5) is 24.9. The van der Waals surface area contributed by atoms with E-state index >= 15 is 0 Å². The summed E-state index contributed by atoms with van der Waals surface area (Å²) < 4.78 is 13.4. The van der Waals surface area contributed by atoms with E-state index in [0.717, 1.165) is 0 Å². The van der Waals surface area contributed by atoms with Crippen molar-refractivity contribution in [3.63, 3.8) is 0 Å². The number of halogens is 2. The lowest BCUT2D eigenvalue weighted by Gasteiger charge is -2.29. The first kappa shape index (κ1) is 16.7. The van der Waals surface area contributed by atoms with Crippen molar-refractivity contribution in [2.75, 3.05) is 7.05 Å². The number of aliphatic carboxylic acids is 1. The Morgan fingerprint density at radius 3 is 2.41 bits per heavy atom. The number of carbonyl (C=O) groups excluding carboxylic acids is 1. The fourth-order valence-electron chi connectivity index (χ4n) is 2.89. The Morgan fingerprint density at radius 2 is 1.86 bits per heavy atom. The number of carboxylic acids is 1. The zero-order valence-electron chi connectivity index (χ0n) is 12.4. The minimum atomic E-state index is -0.782. The Morgan fingerprint density at radius 1 is 1.27 bits per heavy atom. The Hall–Kier alpha value is -1.62. The molecule has 0 aromatic heterocycles. The number of hydrogen-bond acceptors (Lipinski definition) is 2. The summed E-state index contributed by atoms with van der Waals surface area (Å²) in [6.45, 7) is 0.311. The predicted octanol–water partition coefficient (Wildman–Crippen LogP) is 3.33. The Labute approximate surface area is 133 Å². The van der Waals surface area contributed by atoms with Gasteiger partial charge in [0, 0.05) is 19.5 Å². The van der Waals surface area contributed by atoms with Crippen LogP contribution in [-0.4, -0.2) is 28.9 Å². The smallest absolute Gasteiger partial charge is 0.306 e. The van der Waals surface area contributed by atoms with Crippen molar-refractivity contribution in [2.24, 2.45) is 11.8 Å². The van der Waals surface area contributed by atoms with Gasteiger partial charge in [-0.3, -0.25) is 9.59 Å². The number of amides is 1. The van der Waals surface area contributed by atoms with E-state index in [1.54, 1.807) is 18.0 Å². The van der Waals surface area contributed by atoms with Gasteiger partial charge in [0.25, 0.3) is 0 Å². The molecule has 2 rings (SSSR count). The molecular formula is C16H19ClFNO3. The quantitative estimate of drug-likeness (QED) is 0.922. The van der Waals surface area contributed by atoms with Gasteiger partial charge in [-0.25, -0.2) is 4.39 Å². The van der Waals surface area contributed by atoms with Crippen molar-refractivity contribution in [3.8, 4) is 0 Å². The van der Waals surface area contributed by atoms with Crippen LogP contribution in [0.25, 0.3) is 0 Å². The van der Waals surface area contributed by atoms with Crippen molar-refractivity contribution in [1.82, 2.24) is 4.90 Å². The van der Waals surface area contributed by atoms with Crippen LogP contribution in [0.15, 0.2) is 18.2 Å². The molecule has 0 aliphatic heterocycles. The Bertz CT molecular complexity index is 571. The molecule has 0 spiro atoms. The number of benzene rings is 1. The topological polar surface area (TPSA) is 57.6 Å². The van der Waals surface area contributed by atoms with Crippen molar-refractivity contribution in [1.29, 1.82) is 0 Å². The third-order valence-electron chi connectivity index (χ3n) is 4.21. The minimum absolute atomic E-state index is 0.0146. The van der Waals surface area contributed by atoms with Gasteiger partial charge < -0.3 is 10.0 Å². The van der Waals surface area contributed by atoms with E-state index in [0.29, 0.717) is 37.8 Å². The van der Waals surface area contributed by atoms with Gasteiger partial charge >= 0.3 is 5.97 Å². The monoisotopic (exact) mass is 327 g/mol. The largest absolute Gasteiger partial charge is 0.481 e. The molecule has 6 heteroatoms. The van der Waals surface area contributed by atoms with Crippen molar-refractivity contribution < 1.29 is 19.1 Å². The predicted molar refractivity (Wildman–Crippen MR) is 81.0 cm³/mol. The van der Waals surface area contributed by atoms with Crippen LogP contribution in [0.3, 0.4) is 0 Å². The van der Waals surface area contributed by atoms with Gasteiger partial charge in [-0.1, -0.05) is 17.7 Å². The second-order valence-electron chi connectivity index (χ2n) is 5.83. The first-order chi connectivity index (χ1) is 10.4. The molecule has 120 valence electrons. The van der Waals surface area contributed by atoms with E-state index in [-0.39, 0.29) is 22.8 Å². The summed E-state index contributed by atoms with van der Waals surface area (Å²) >= 11 is 5.64. The van der Waals surface area contributed by atoms with Gasteiger partial charge in [0.1, 0.15) is 5.82 Å². The maximum atomic E-state index is 13.4. The van der Waals surface area contributed by atoms with Gasteiger partial charge in [0.2, 0.25) is 5.91 Å². The average Bonchev–Trinajstić information content (AvgIpc) is 2.50. The number of nitrogens with zero attached hydrogens (tertiary/aromatic N) is 1. The molecule has 1 aliphatic rings. The SMILES string of the molecule is CN(Cc1ccc(Cl)c(F)c1)C(=O)C1CCC(C(=O)O)CC1. The third-order valence-corrected chi connectivity index (χ3v) is 4.51. The molecule has 1 aromatic carbocycles. The van der Waals surface area contributed by atoms with E-state index in [1.807, 2.05) is 0 Å². The highest BCUT2D eigenvalue weighted by Crippen LogP contribution is 2.30. The van der Waals surface area contributed by atoms with Gasteiger partial charge in [0.05, 0.1) is 10.9 Å². The van der Waals surface area contributed by atoms with Gasteiger partial charge in [-0.05, 0) is 43.4 Å².